The van der Waals surface area contributed by atoms with Crippen molar-refractivity contribution in [2.45, 2.75) is 39.9 Å². The first-order valence-electron chi connectivity index (χ1n) is 9.86. The standard InChI is InChI=1S/C23H28N4O4/c1-15(2)30-20-10-6-18(7-11-20)22(28)26-24-14-17(5)25-27-23(29)19-8-12-21(13-9-19)31-16(3)4/h6-16,25H,5H2,1-4H3,(H,26,28)(H,27,29)/b24-14-. The number of hydrazine groups is 1. The molecule has 0 radical (unpaired) electrons. The van der Waals surface area contributed by atoms with E-state index in [-0.39, 0.29) is 29.7 Å². The third-order valence-electron chi connectivity index (χ3n) is 3.70. The van der Waals surface area contributed by atoms with E-state index in [0.29, 0.717) is 22.6 Å². The Morgan fingerprint density at radius 2 is 1.26 bits per heavy atom. The largest absolute Gasteiger partial charge is 0.491 e. The summed E-state index contributed by atoms with van der Waals surface area (Å²) in [5.74, 6) is 0.644. The number of hydrogen-bond donors (Lipinski definition) is 3. The van der Waals surface area contributed by atoms with Crippen molar-refractivity contribution in [2.24, 2.45) is 5.10 Å². The minimum Gasteiger partial charge on any atom is -0.491 e. The maximum atomic E-state index is 12.2. The van der Waals surface area contributed by atoms with E-state index < -0.39 is 0 Å². The molecule has 2 aromatic carbocycles. The first-order chi connectivity index (χ1) is 14.7. The number of amides is 2. The molecule has 0 fully saturated rings. The van der Waals surface area contributed by atoms with E-state index in [2.05, 4.69) is 28.0 Å². The molecule has 0 aliphatic rings. The smallest absolute Gasteiger partial charge is 0.271 e. The summed E-state index contributed by atoms with van der Waals surface area (Å²) in [5.41, 5.74) is 8.69. The Labute approximate surface area is 182 Å². The number of allylic oxidation sites excluding steroid dienone is 1. The lowest BCUT2D eigenvalue weighted by molar-refractivity contribution is 0.0935. The molecule has 2 amide bonds. The van der Waals surface area contributed by atoms with Gasteiger partial charge in [-0.05, 0) is 76.2 Å². The number of nitrogens with one attached hydrogen (secondary N) is 3. The molecule has 0 heterocycles. The molecule has 164 valence electrons. The van der Waals surface area contributed by atoms with Crippen molar-refractivity contribution < 1.29 is 19.1 Å². The Morgan fingerprint density at radius 3 is 1.71 bits per heavy atom. The summed E-state index contributed by atoms with van der Waals surface area (Å²) in [7, 11) is 0. The van der Waals surface area contributed by atoms with Gasteiger partial charge in [0.2, 0.25) is 0 Å². The van der Waals surface area contributed by atoms with E-state index in [0.717, 1.165) is 0 Å². The van der Waals surface area contributed by atoms with Gasteiger partial charge in [0.15, 0.2) is 0 Å². The second kappa shape index (κ2) is 11.4. The summed E-state index contributed by atoms with van der Waals surface area (Å²) >= 11 is 0. The highest BCUT2D eigenvalue weighted by Crippen LogP contribution is 2.14. The van der Waals surface area contributed by atoms with Crippen LogP contribution in [-0.2, 0) is 0 Å². The van der Waals surface area contributed by atoms with Gasteiger partial charge in [-0.3, -0.25) is 20.4 Å². The molecule has 0 bridgehead atoms. The average Bonchev–Trinajstić information content (AvgIpc) is 2.72. The van der Waals surface area contributed by atoms with Gasteiger partial charge in [-0.1, -0.05) is 6.58 Å². The van der Waals surface area contributed by atoms with Crippen molar-refractivity contribution >= 4 is 18.0 Å². The molecule has 2 aromatic rings. The Bertz CT molecular complexity index is 920. The number of carbonyl (C=O) groups excluding carboxylic acids is 2. The number of carbonyl (C=O) groups is 2. The van der Waals surface area contributed by atoms with E-state index >= 15 is 0 Å². The molecule has 0 spiro atoms. The fraction of sp³-hybridized carbons (Fsp3) is 0.261. The summed E-state index contributed by atoms with van der Waals surface area (Å²) in [6.45, 7) is 11.4. The fourth-order valence-corrected chi connectivity index (χ4v) is 2.39. The van der Waals surface area contributed by atoms with Gasteiger partial charge >= 0.3 is 0 Å². The molecule has 2 rings (SSSR count). The van der Waals surface area contributed by atoms with Gasteiger partial charge in [-0.2, -0.15) is 5.10 Å². The molecule has 3 N–H and O–H groups in total. The Balaban J connectivity index is 1.77. The summed E-state index contributed by atoms with van der Waals surface area (Å²) in [6.07, 6.45) is 1.40. The third kappa shape index (κ3) is 8.22. The van der Waals surface area contributed by atoms with E-state index in [4.69, 9.17) is 9.47 Å². The Morgan fingerprint density at radius 1 is 0.806 bits per heavy atom. The fourth-order valence-electron chi connectivity index (χ4n) is 2.39. The summed E-state index contributed by atoms with van der Waals surface area (Å²) in [6, 6.07) is 13.5. The van der Waals surface area contributed by atoms with Crippen molar-refractivity contribution in [3.8, 4) is 11.5 Å². The van der Waals surface area contributed by atoms with Crippen molar-refractivity contribution in [3.05, 3.63) is 71.9 Å². The van der Waals surface area contributed by atoms with Crippen LogP contribution < -0.4 is 25.8 Å². The van der Waals surface area contributed by atoms with Gasteiger partial charge in [0.25, 0.3) is 11.8 Å². The second-order valence-corrected chi connectivity index (χ2v) is 7.19. The molecule has 0 aliphatic heterocycles. The monoisotopic (exact) mass is 424 g/mol. The van der Waals surface area contributed by atoms with Gasteiger partial charge in [0.1, 0.15) is 11.5 Å². The maximum Gasteiger partial charge on any atom is 0.271 e. The van der Waals surface area contributed by atoms with E-state index in [1.165, 1.54) is 6.21 Å². The highest BCUT2D eigenvalue weighted by atomic mass is 16.5. The van der Waals surface area contributed by atoms with Gasteiger partial charge in [-0.15, -0.1) is 0 Å². The number of ether oxygens (including phenoxy) is 2. The summed E-state index contributed by atoms with van der Waals surface area (Å²) < 4.78 is 11.1. The lowest BCUT2D eigenvalue weighted by atomic mass is 10.2. The van der Waals surface area contributed by atoms with Crippen LogP contribution in [0.25, 0.3) is 0 Å². The zero-order chi connectivity index (χ0) is 22.8. The van der Waals surface area contributed by atoms with Crippen LogP contribution in [0.5, 0.6) is 11.5 Å². The lowest BCUT2D eigenvalue weighted by Crippen LogP contribution is -2.37. The number of hydrazone groups is 1. The SMILES string of the molecule is C=C(/C=N\NC(=O)c1ccc(OC(C)C)cc1)NNC(=O)c1ccc(OC(C)C)cc1. The first kappa shape index (κ1) is 23.5. The van der Waals surface area contributed by atoms with Gasteiger partial charge in [-0.25, -0.2) is 5.43 Å². The normalized spacial score (nSPS) is 10.8. The molecular formula is C23H28N4O4. The molecule has 8 heteroatoms. The van der Waals surface area contributed by atoms with Crippen LogP contribution in [0.2, 0.25) is 0 Å². The molecule has 8 nitrogen and oxygen atoms in total. The molecule has 0 aromatic heterocycles. The van der Waals surface area contributed by atoms with Gasteiger partial charge in [0, 0.05) is 11.1 Å². The highest BCUT2D eigenvalue weighted by Gasteiger charge is 2.07. The molecule has 0 atom stereocenters. The third-order valence-corrected chi connectivity index (χ3v) is 3.70. The van der Waals surface area contributed by atoms with Gasteiger partial charge in [0.05, 0.1) is 24.1 Å². The number of hydrogen-bond acceptors (Lipinski definition) is 6. The molecule has 0 aliphatic carbocycles. The Hall–Kier alpha value is -3.81. The zero-order valence-electron chi connectivity index (χ0n) is 18.1. The van der Waals surface area contributed by atoms with E-state index in [9.17, 15) is 9.59 Å². The van der Waals surface area contributed by atoms with Crippen LogP contribution in [-0.4, -0.2) is 30.2 Å². The van der Waals surface area contributed by atoms with Crippen LogP contribution in [0.4, 0.5) is 0 Å². The predicted octanol–water partition coefficient (Wildman–Crippen LogP) is 3.42. The Kier molecular flexibility index (Phi) is 8.63. The van der Waals surface area contributed by atoms with Crippen LogP contribution in [0.1, 0.15) is 48.4 Å². The second-order valence-electron chi connectivity index (χ2n) is 7.19. The zero-order valence-corrected chi connectivity index (χ0v) is 18.1. The summed E-state index contributed by atoms with van der Waals surface area (Å²) in [5, 5.41) is 3.82. The molecule has 0 unspecified atom stereocenters. The number of rotatable bonds is 10. The van der Waals surface area contributed by atoms with Crippen LogP contribution >= 0.6 is 0 Å². The maximum absolute atomic E-state index is 12.2. The highest BCUT2D eigenvalue weighted by molar-refractivity contribution is 5.95. The molecule has 0 saturated heterocycles. The first-order valence-corrected chi connectivity index (χ1v) is 9.86. The predicted molar refractivity (Wildman–Crippen MR) is 120 cm³/mol. The van der Waals surface area contributed by atoms with Gasteiger partial charge < -0.3 is 9.47 Å². The van der Waals surface area contributed by atoms with Crippen LogP contribution in [0.3, 0.4) is 0 Å². The lowest BCUT2D eigenvalue weighted by Gasteiger charge is -2.11. The van der Waals surface area contributed by atoms with Crippen molar-refractivity contribution in [1.29, 1.82) is 0 Å². The molecular weight excluding hydrogens is 396 g/mol. The van der Waals surface area contributed by atoms with E-state index in [1.54, 1.807) is 48.5 Å². The molecule has 31 heavy (non-hydrogen) atoms. The van der Waals surface area contributed by atoms with Crippen molar-refractivity contribution in [3.63, 3.8) is 0 Å². The van der Waals surface area contributed by atoms with E-state index in [1.807, 2.05) is 27.7 Å². The quantitative estimate of drug-likeness (QED) is 0.401. The number of nitrogens with zero attached hydrogens (tertiary/aromatic N) is 1. The van der Waals surface area contributed by atoms with Crippen molar-refractivity contribution in [2.75, 3.05) is 0 Å². The van der Waals surface area contributed by atoms with Crippen molar-refractivity contribution in [1.82, 2.24) is 16.3 Å². The minimum atomic E-state index is -0.382. The van der Waals surface area contributed by atoms with Crippen LogP contribution in [0.15, 0.2) is 65.9 Å². The number of benzene rings is 2. The minimum absolute atomic E-state index is 0.0570. The summed E-state index contributed by atoms with van der Waals surface area (Å²) in [4.78, 5) is 24.3. The average molecular weight is 425 g/mol. The molecule has 0 saturated carbocycles. The topological polar surface area (TPSA) is 101 Å². The van der Waals surface area contributed by atoms with Crippen LogP contribution in [0, 0.1) is 0 Å².